The average Bonchev–Trinajstić information content (AvgIpc) is 3.30. The van der Waals surface area contributed by atoms with Crippen molar-refractivity contribution in [3.05, 3.63) is 54.2 Å². The van der Waals surface area contributed by atoms with E-state index in [0.29, 0.717) is 30.3 Å². The molecule has 2 aromatic rings. The van der Waals surface area contributed by atoms with Crippen molar-refractivity contribution in [1.82, 2.24) is 14.8 Å². The lowest BCUT2D eigenvalue weighted by Crippen LogP contribution is -2.48. The molecule has 2 aliphatic rings. The number of hydrogen-bond donors (Lipinski definition) is 0. The number of carbonyl (C=O) groups excluding carboxylic acids is 2. The van der Waals surface area contributed by atoms with Crippen molar-refractivity contribution in [2.75, 3.05) is 19.6 Å². The molecule has 2 aromatic heterocycles. The second-order valence-corrected chi connectivity index (χ2v) is 6.39. The highest BCUT2D eigenvalue weighted by Gasteiger charge is 2.43. The largest absolute Gasteiger partial charge is 0.459 e. The van der Waals surface area contributed by atoms with Gasteiger partial charge < -0.3 is 14.2 Å². The highest BCUT2D eigenvalue weighted by molar-refractivity contribution is 5.95. The summed E-state index contributed by atoms with van der Waals surface area (Å²) < 4.78 is 5.23. The van der Waals surface area contributed by atoms with Crippen LogP contribution >= 0.6 is 0 Å². The quantitative estimate of drug-likeness (QED) is 0.847. The second-order valence-electron chi connectivity index (χ2n) is 6.39. The number of aromatic nitrogens is 1. The molecule has 2 aliphatic heterocycles. The van der Waals surface area contributed by atoms with Crippen LogP contribution in [-0.4, -0.2) is 52.3 Å². The Morgan fingerprint density at radius 1 is 1.12 bits per heavy atom. The highest BCUT2D eigenvalue weighted by atomic mass is 16.3. The van der Waals surface area contributed by atoms with Crippen molar-refractivity contribution in [1.29, 1.82) is 0 Å². The number of nitrogens with zero attached hydrogens (tertiary/aromatic N) is 3. The van der Waals surface area contributed by atoms with E-state index in [0.717, 1.165) is 19.4 Å². The first-order valence-electron chi connectivity index (χ1n) is 8.28. The van der Waals surface area contributed by atoms with Gasteiger partial charge in [0, 0.05) is 37.6 Å². The van der Waals surface area contributed by atoms with Crippen LogP contribution in [0, 0.1) is 5.92 Å². The van der Waals surface area contributed by atoms with Gasteiger partial charge in [0.25, 0.3) is 11.8 Å². The summed E-state index contributed by atoms with van der Waals surface area (Å²) in [5, 5.41) is 0. The van der Waals surface area contributed by atoms with Gasteiger partial charge in [-0.25, -0.2) is 0 Å². The predicted octanol–water partition coefficient (Wildman–Crippen LogP) is 2.05. The molecule has 4 rings (SSSR count). The number of carbonyl (C=O) groups is 2. The molecule has 2 fully saturated rings. The normalized spacial score (nSPS) is 23.2. The molecule has 4 heterocycles. The number of piperidine rings is 1. The third-order valence-electron chi connectivity index (χ3n) is 4.99. The zero-order valence-electron chi connectivity index (χ0n) is 13.3. The number of hydrogen-bond acceptors (Lipinski definition) is 4. The predicted molar refractivity (Wildman–Crippen MR) is 86.4 cm³/mol. The first kappa shape index (κ1) is 14.9. The summed E-state index contributed by atoms with van der Waals surface area (Å²) in [4.78, 5) is 33.1. The molecule has 0 saturated carbocycles. The minimum Gasteiger partial charge on any atom is -0.459 e. The molecule has 6 heteroatoms. The van der Waals surface area contributed by atoms with E-state index in [9.17, 15) is 9.59 Å². The van der Waals surface area contributed by atoms with Crippen molar-refractivity contribution >= 4 is 11.8 Å². The first-order chi connectivity index (χ1) is 11.7. The standard InChI is InChI=1S/C18H19N3O3/c22-17(13-5-7-19-8-6-13)21-9-1-3-14-11-20(12-15(14)21)18(23)16-4-2-10-24-16/h2,4-8,10,14-15H,1,3,9,11-12H2/t14-,15+/m1/s1. The fraction of sp³-hybridized carbons (Fsp3) is 0.389. The third kappa shape index (κ3) is 2.58. The number of amides is 2. The fourth-order valence-corrected chi connectivity index (χ4v) is 3.81. The second kappa shape index (κ2) is 6.11. The highest BCUT2D eigenvalue weighted by Crippen LogP contribution is 2.32. The zero-order chi connectivity index (χ0) is 16.5. The summed E-state index contributed by atoms with van der Waals surface area (Å²) in [6, 6.07) is 6.97. The van der Waals surface area contributed by atoms with Crippen molar-refractivity contribution in [3.8, 4) is 0 Å². The molecule has 0 radical (unpaired) electrons. The van der Waals surface area contributed by atoms with E-state index in [2.05, 4.69) is 4.98 Å². The monoisotopic (exact) mass is 325 g/mol. The van der Waals surface area contributed by atoms with E-state index >= 15 is 0 Å². The average molecular weight is 325 g/mol. The minimum absolute atomic E-state index is 0.0272. The van der Waals surface area contributed by atoms with E-state index < -0.39 is 0 Å². The van der Waals surface area contributed by atoms with Gasteiger partial charge in [-0.2, -0.15) is 0 Å². The van der Waals surface area contributed by atoms with Gasteiger partial charge in [-0.3, -0.25) is 14.6 Å². The number of rotatable bonds is 2. The Morgan fingerprint density at radius 2 is 1.96 bits per heavy atom. The van der Waals surface area contributed by atoms with Gasteiger partial charge in [0.15, 0.2) is 5.76 Å². The molecule has 124 valence electrons. The molecule has 2 amide bonds. The summed E-state index contributed by atoms with van der Waals surface area (Å²) in [7, 11) is 0. The Kier molecular flexibility index (Phi) is 3.80. The smallest absolute Gasteiger partial charge is 0.289 e. The number of pyridine rings is 1. The van der Waals surface area contributed by atoms with Crippen LogP contribution in [0.1, 0.15) is 33.8 Å². The maximum atomic E-state index is 12.8. The van der Waals surface area contributed by atoms with E-state index in [-0.39, 0.29) is 17.9 Å². The first-order valence-corrected chi connectivity index (χ1v) is 8.28. The van der Waals surface area contributed by atoms with Crippen LogP contribution in [0.2, 0.25) is 0 Å². The van der Waals surface area contributed by atoms with Crippen LogP contribution < -0.4 is 0 Å². The van der Waals surface area contributed by atoms with Crippen LogP contribution in [0.25, 0.3) is 0 Å². The summed E-state index contributed by atoms with van der Waals surface area (Å²) >= 11 is 0. The van der Waals surface area contributed by atoms with Crippen molar-refractivity contribution in [2.24, 2.45) is 5.92 Å². The molecule has 0 bridgehead atoms. The van der Waals surface area contributed by atoms with Gasteiger partial charge in [-0.1, -0.05) is 0 Å². The van der Waals surface area contributed by atoms with Crippen LogP contribution in [0.4, 0.5) is 0 Å². The van der Waals surface area contributed by atoms with Gasteiger partial charge in [-0.05, 0) is 43.0 Å². The van der Waals surface area contributed by atoms with Crippen molar-refractivity contribution in [3.63, 3.8) is 0 Å². The zero-order valence-corrected chi connectivity index (χ0v) is 13.3. The molecule has 0 aliphatic carbocycles. The van der Waals surface area contributed by atoms with E-state index in [1.54, 1.807) is 36.7 Å². The van der Waals surface area contributed by atoms with Crippen LogP contribution in [0.15, 0.2) is 47.3 Å². The number of likely N-dealkylation sites (tertiary alicyclic amines) is 2. The van der Waals surface area contributed by atoms with Crippen LogP contribution in [0.5, 0.6) is 0 Å². The van der Waals surface area contributed by atoms with Gasteiger partial charge in [0.2, 0.25) is 0 Å². The molecule has 0 unspecified atom stereocenters. The Balaban J connectivity index is 1.53. The SMILES string of the molecule is O=C(c1ccco1)N1C[C@H]2CCCN(C(=O)c3ccncc3)[C@H]2C1. The van der Waals surface area contributed by atoms with Crippen molar-refractivity contribution in [2.45, 2.75) is 18.9 Å². The molecule has 0 aromatic carbocycles. The van der Waals surface area contributed by atoms with Crippen molar-refractivity contribution < 1.29 is 14.0 Å². The fourth-order valence-electron chi connectivity index (χ4n) is 3.81. The lowest BCUT2D eigenvalue weighted by molar-refractivity contribution is 0.0563. The molecular weight excluding hydrogens is 306 g/mol. The Bertz CT molecular complexity index is 729. The lowest BCUT2D eigenvalue weighted by atomic mass is 9.91. The number of furan rings is 1. The summed E-state index contributed by atoms with van der Waals surface area (Å²) in [6.45, 7) is 2.00. The van der Waals surface area contributed by atoms with E-state index in [4.69, 9.17) is 4.42 Å². The Labute approximate surface area is 140 Å². The van der Waals surface area contributed by atoms with Gasteiger partial charge in [0.05, 0.1) is 12.3 Å². The molecular formula is C18H19N3O3. The summed E-state index contributed by atoms with van der Waals surface area (Å²) in [5.74, 6) is 0.634. The molecule has 0 spiro atoms. The van der Waals surface area contributed by atoms with Crippen LogP contribution in [0.3, 0.4) is 0 Å². The topological polar surface area (TPSA) is 66.7 Å². The minimum atomic E-state index is -0.0919. The third-order valence-corrected chi connectivity index (χ3v) is 4.99. The van der Waals surface area contributed by atoms with E-state index in [1.165, 1.54) is 6.26 Å². The Morgan fingerprint density at radius 3 is 2.71 bits per heavy atom. The molecule has 24 heavy (non-hydrogen) atoms. The van der Waals surface area contributed by atoms with Crippen LogP contribution in [-0.2, 0) is 0 Å². The molecule has 6 nitrogen and oxygen atoms in total. The van der Waals surface area contributed by atoms with Gasteiger partial charge in [-0.15, -0.1) is 0 Å². The van der Waals surface area contributed by atoms with Gasteiger partial charge in [0.1, 0.15) is 0 Å². The maximum absolute atomic E-state index is 12.8. The molecule has 0 N–H and O–H groups in total. The lowest BCUT2D eigenvalue weighted by Gasteiger charge is -2.36. The molecule has 2 saturated heterocycles. The summed E-state index contributed by atoms with van der Waals surface area (Å²) in [6.07, 6.45) is 6.80. The Hall–Kier alpha value is -2.63. The molecule has 2 atom stereocenters. The number of fused-ring (bicyclic) bond motifs is 1. The van der Waals surface area contributed by atoms with Gasteiger partial charge >= 0.3 is 0 Å². The van der Waals surface area contributed by atoms with E-state index in [1.807, 2.05) is 9.80 Å². The maximum Gasteiger partial charge on any atom is 0.289 e. The summed E-state index contributed by atoms with van der Waals surface area (Å²) in [5.41, 5.74) is 0.654.